The van der Waals surface area contributed by atoms with E-state index in [0.717, 1.165) is 16.8 Å². The van der Waals surface area contributed by atoms with Crippen LogP contribution in [0, 0.1) is 19.3 Å². The number of nitrogens with zero attached hydrogens (tertiary/aromatic N) is 1. The maximum Gasteiger partial charge on any atom is 0.243 e. The quantitative estimate of drug-likeness (QED) is 0.929. The highest BCUT2D eigenvalue weighted by Gasteiger charge is 2.28. The van der Waals surface area contributed by atoms with E-state index in [4.69, 9.17) is 0 Å². The Morgan fingerprint density at radius 2 is 1.60 bits per heavy atom. The molecule has 1 aromatic carbocycles. The standard InChI is InChI=1S/C15H26N2O2S/c1-11-8-13(16-6)9-12(2)14(11)20(18,19)17(7)10-15(3,4)5/h8-9,16H,10H2,1-7H3. The Bertz CT molecular complexity index is 563. The van der Waals surface area contributed by atoms with Crippen molar-refractivity contribution in [1.29, 1.82) is 0 Å². The van der Waals surface area contributed by atoms with Crippen molar-refractivity contribution >= 4 is 15.7 Å². The minimum atomic E-state index is -3.45. The van der Waals surface area contributed by atoms with Gasteiger partial charge in [0.05, 0.1) is 4.90 Å². The van der Waals surface area contributed by atoms with Crippen molar-refractivity contribution < 1.29 is 8.42 Å². The van der Waals surface area contributed by atoms with Crippen molar-refractivity contribution in [1.82, 2.24) is 4.31 Å². The zero-order chi connectivity index (χ0) is 15.7. The summed E-state index contributed by atoms with van der Waals surface area (Å²) in [5, 5.41) is 3.05. The Hall–Kier alpha value is -1.07. The fraction of sp³-hybridized carbons (Fsp3) is 0.600. The molecule has 0 unspecified atom stereocenters. The van der Waals surface area contributed by atoms with Gasteiger partial charge in [0.15, 0.2) is 0 Å². The molecule has 1 rings (SSSR count). The van der Waals surface area contributed by atoms with Crippen molar-refractivity contribution in [2.45, 2.75) is 39.5 Å². The van der Waals surface area contributed by atoms with Crippen molar-refractivity contribution in [2.75, 3.05) is 26.0 Å². The first-order chi connectivity index (χ1) is 8.99. The van der Waals surface area contributed by atoms with Gasteiger partial charge < -0.3 is 5.32 Å². The van der Waals surface area contributed by atoms with Gasteiger partial charge in [-0.1, -0.05) is 20.8 Å². The summed E-state index contributed by atoms with van der Waals surface area (Å²) in [5.41, 5.74) is 2.40. The zero-order valence-corrected chi connectivity index (χ0v) is 14.4. The van der Waals surface area contributed by atoms with E-state index in [9.17, 15) is 8.42 Å². The number of nitrogens with one attached hydrogen (secondary N) is 1. The third-order valence-corrected chi connectivity index (χ3v) is 5.22. The first kappa shape index (κ1) is 17.0. The monoisotopic (exact) mass is 298 g/mol. The highest BCUT2D eigenvalue weighted by molar-refractivity contribution is 7.89. The molecule has 0 spiro atoms. The Morgan fingerprint density at radius 1 is 1.15 bits per heavy atom. The maximum atomic E-state index is 12.8. The van der Waals surface area contributed by atoms with Crippen LogP contribution in [-0.2, 0) is 10.0 Å². The lowest BCUT2D eigenvalue weighted by Gasteiger charge is -2.27. The summed E-state index contributed by atoms with van der Waals surface area (Å²) in [4.78, 5) is 0.420. The van der Waals surface area contributed by atoms with Gasteiger partial charge in [-0.25, -0.2) is 12.7 Å². The topological polar surface area (TPSA) is 49.4 Å². The van der Waals surface area contributed by atoms with Crippen molar-refractivity contribution in [2.24, 2.45) is 5.41 Å². The van der Waals surface area contributed by atoms with Crippen LogP contribution in [0.4, 0.5) is 5.69 Å². The van der Waals surface area contributed by atoms with E-state index in [0.29, 0.717) is 11.4 Å². The SMILES string of the molecule is CNc1cc(C)c(S(=O)(=O)N(C)CC(C)(C)C)c(C)c1. The minimum Gasteiger partial charge on any atom is -0.388 e. The molecular formula is C15H26N2O2S. The van der Waals surface area contributed by atoms with Crippen LogP contribution in [0.3, 0.4) is 0 Å². The Morgan fingerprint density at radius 3 is 1.95 bits per heavy atom. The van der Waals surface area contributed by atoms with Crippen LogP contribution in [0.5, 0.6) is 0 Å². The molecule has 0 amide bonds. The molecule has 1 aromatic rings. The van der Waals surface area contributed by atoms with E-state index in [1.165, 1.54) is 4.31 Å². The molecule has 0 aliphatic rings. The molecule has 4 nitrogen and oxygen atoms in total. The number of hydrogen-bond acceptors (Lipinski definition) is 3. The first-order valence-electron chi connectivity index (χ1n) is 6.74. The molecule has 5 heteroatoms. The van der Waals surface area contributed by atoms with Crippen LogP contribution < -0.4 is 5.32 Å². The van der Waals surface area contributed by atoms with Crippen LogP contribution in [0.2, 0.25) is 0 Å². The molecule has 0 saturated carbocycles. The summed E-state index contributed by atoms with van der Waals surface area (Å²) in [5.74, 6) is 0. The highest BCUT2D eigenvalue weighted by Crippen LogP contribution is 2.28. The summed E-state index contributed by atoms with van der Waals surface area (Å²) in [6.07, 6.45) is 0. The van der Waals surface area contributed by atoms with Crippen molar-refractivity contribution in [3.8, 4) is 0 Å². The molecular weight excluding hydrogens is 272 g/mol. The molecule has 114 valence electrons. The van der Waals surface area contributed by atoms with Crippen LogP contribution in [0.15, 0.2) is 17.0 Å². The lowest BCUT2D eigenvalue weighted by Crippen LogP contribution is -2.35. The molecule has 0 fully saturated rings. The third kappa shape index (κ3) is 3.73. The normalized spacial score (nSPS) is 12.8. The van der Waals surface area contributed by atoms with Crippen LogP contribution >= 0.6 is 0 Å². The molecule has 0 radical (unpaired) electrons. The zero-order valence-electron chi connectivity index (χ0n) is 13.5. The minimum absolute atomic E-state index is 0.0749. The predicted octanol–water partition coefficient (Wildman–Crippen LogP) is 3.01. The summed E-state index contributed by atoms with van der Waals surface area (Å²) >= 11 is 0. The van der Waals surface area contributed by atoms with E-state index >= 15 is 0 Å². The van der Waals surface area contributed by atoms with Gasteiger partial charge in [-0.2, -0.15) is 0 Å². The van der Waals surface area contributed by atoms with E-state index < -0.39 is 10.0 Å². The van der Waals surface area contributed by atoms with E-state index in [-0.39, 0.29) is 5.41 Å². The number of aryl methyl sites for hydroxylation is 2. The van der Waals surface area contributed by atoms with Gasteiger partial charge in [0.1, 0.15) is 0 Å². The second-order valence-electron chi connectivity index (χ2n) is 6.51. The smallest absolute Gasteiger partial charge is 0.243 e. The number of sulfonamides is 1. The number of anilines is 1. The number of hydrogen-bond donors (Lipinski definition) is 1. The molecule has 0 aromatic heterocycles. The Balaban J connectivity index is 3.29. The van der Waals surface area contributed by atoms with Gasteiger partial charge in [-0.05, 0) is 42.5 Å². The van der Waals surface area contributed by atoms with Gasteiger partial charge in [-0.15, -0.1) is 0 Å². The molecule has 0 atom stereocenters. The average molecular weight is 298 g/mol. The number of rotatable bonds is 4. The van der Waals surface area contributed by atoms with E-state index in [2.05, 4.69) is 5.32 Å². The Labute approximate surface area is 123 Å². The van der Waals surface area contributed by atoms with E-state index in [1.54, 1.807) is 7.05 Å². The molecule has 1 N–H and O–H groups in total. The van der Waals surface area contributed by atoms with Crippen molar-refractivity contribution in [3.05, 3.63) is 23.3 Å². The predicted molar refractivity (Wildman–Crippen MR) is 84.7 cm³/mol. The number of benzene rings is 1. The first-order valence-corrected chi connectivity index (χ1v) is 8.18. The maximum absolute atomic E-state index is 12.8. The second kappa shape index (κ2) is 5.74. The Kier molecular flexibility index (Phi) is 4.87. The molecule has 0 aliphatic heterocycles. The van der Waals surface area contributed by atoms with Crippen LogP contribution in [0.1, 0.15) is 31.9 Å². The van der Waals surface area contributed by atoms with Gasteiger partial charge in [0, 0.05) is 26.3 Å². The fourth-order valence-electron chi connectivity index (χ4n) is 2.41. The third-order valence-electron chi connectivity index (χ3n) is 3.11. The molecule has 0 saturated heterocycles. The van der Waals surface area contributed by atoms with Gasteiger partial charge in [0.2, 0.25) is 10.0 Å². The average Bonchev–Trinajstić information content (AvgIpc) is 2.24. The lowest BCUT2D eigenvalue weighted by atomic mass is 9.97. The largest absolute Gasteiger partial charge is 0.388 e. The summed E-state index contributed by atoms with van der Waals surface area (Å²) < 4.78 is 27.0. The lowest BCUT2D eigenvalue weighted by molar-refractivity contribution is 0.310. The molecule has 0 heterocycles. The molecule has 0 bridgehead atoms. The second-order valence-corrected chi connectivity index (χ2v) is 8.49. The van der Waals surface area contributed by atoms with E-state index in [1.807, 2.05) is 53.8 Å². The summed E-state index contributed by atoms with van der Waals surface area (Å²) in [6, 6.07) is 3.73. The van der Waals surface area contributed by atoms with Gasteiger partial charge in [-0.3, -0.25) is 0 Å². The van der Waals surface area contributed by atoms with Gasteiger partial charge >= 0.3 is 0 Å². The van der Waals surface area contributed by atoms with Crippen LogP contribution in [-0.4, -0.2) is 33.4 Å². The molecule has 20 heavy (non-hydrogen) atoms. The van der Waals surface area contributed by atoms with Crippen LogP contribution in [0.25, 0.3) is 0 Å². The highest BCUT2D eigenvalue weighted by atomic mass is 32.2. The van der Waals surface area contributed by atoms with Gasteiger partial charge in [0.25, 0.3) is 0 Å². The summed E-state index contributed by atoms with van der Waals surface area (Å²) in [7, 11) is 0.0188. The van der Waals surface area contributed by atoms with Crippen molar-refractivity contribution in [3.63, 3.8) is 0 Å². The summed E-state index contributed by atoms with van der Waals surface area (Å²) in [6.45, 7) is 10.3. The fourth-order valence-corrected chi connectivity index (χ4v) is 4.21. The molecule has 0 aliphatic carbocycles.